The normalized spacial score (nSPS) is 18.0. The second kappa shape index (κ2) is 5.83. The van der Waals surface area contributed by atoms with Crippen molar-refractivity contribution >= 4 is 17.6 Å². The summed E-state index contributed by atoms with van der Waals surface area (Å²) in [4.78, 5) is 27.7. The molecule has 2 aromatic rings. The lowest BCUT2D eigenvalue weighted by Crippen LogP contribution is -2.33. The number of aryl methyl sites for hydroxylation is 1. The Kier molecular flexibility index (Phi) is 3.86. The smallest absolute Gasteiger partial charge is 0.282 e. The van der Waals surface area contributed by atoms with Crippen molar-refractivity contribution in [2.45, 2.75) is 26.4 Å². The fourth-order valence-electron chi connectivity index (χ4n) is 2.68. The summed E-state index contributed by atoms with van der Waals surface area (Å²) in [5.41, 5.74) is 2.53. The molecule has 1 unspecified atom stereocenters. The molecule has 1 atom stereocenters. The number of benzene rings is 2. The van der Waals surface area contributed by atoms with Crippen LogP contribution in [0.25, 0.3) is 0 Å². The highest BCUT2D eigenvalue weighted by atomic mass is 19.1. The highest BCUT2D eigenvalue weighted by Crippen LogP contribution is 2.27. The molecule has 118 valence electrons. The molecule has 3 amide bonds. The summed E-state index contributed by atoms with van der Waals surface area (Å²) in [7, 11) is 0. The minimum atomic E-state index is -0.599. The summed E-state index contributed by atoms with van der Waals surface area (Å²) < 4.78 is 13.1. The van der Waals surface area contributed by atoms with Gasteiger partial charge in [-0.3, -0.25) is 14.6 Å². The van der Waals surface area contributed by atoms with E-state index in [4.69, 9.17) is 0 Å². The first-order valence-electron chi connectivity index (χ1n) is 7.43. The number of anilines is 1. The average Bonchev–Trinajstić information content (AvgIpc) is 2.74. The number of urea groups is 1. The van der Waals surface area contributed by atoms with Crippen molar-refractivity contribution in [3.63, 3.8) is 0 Å². The summed E-state index contributed by atoms with van der Waals surface area (Å²) in [5, 5.41) is 0. The number of carbonyl (C=O) groups excluding carboxylic acids is 2. The van der Waals surface area contributed by atoms with E-state index in [1.807, 2.05) is 31.2 Å². The molecular weight excluding hydrogens is 295 g/mol. The van der Waals surface area contributed by atoms with Gasteiger partial charge in [0.2, 0.25) is 0 Å². The van der Waals surface area contributed by atoms with Gasteiger partial charge in [0.1, 0.15) is 11.9 Å². The van der Waals surface area contributed by atoms with Crippen LogP contribution in [0.5, 0.6) is 0 Å². The van der Waals surface area contributed by atoms with Crippen LogP contribution in [0.3, 0.4) is 0 Å². The standard InChI is InChI=1S/C18H17FN2O2/c1-12-3-5-14(6-4-12)11-20-17(22)13(2)21(18(20)23)16-9-7-15(19)8-10-16/h3-10,13H,11H2,1-2H3. The van der Waals surface area contributed by atoms with Gasteiger partial charge in [-0.05, 0) is 43.7 Å². The minimum Gasteiger partial charge on any atom is -0.282 e. The predicted octanol–water partition coefficient (Wildman–Crippen LogP) is 3.49. The molecule has 1 aliphatic rings. The van der Waals surface area contributed by atoms with Crippen LogP contribution in [0, 0.1) is 12.7 Å². The quantitative estimate of drug-likeness (QED) is 0.814. The van der Waals surface area contributed by atoms with Gasteiger partial charge in [-0.2, -0.15) is 0 Å². The van der Waals surface area contributed by atoms with Crippen molar-refractivity contribution < 1.29 is 14.0 Å². The van der Waals surface area contributed by atoms with Crippen molar-refractivity contribution in [2.24, 2.45) is 0 Å². The van der Waals surface area contributed by atoms with Crippen molar-refractivity contribution in [2.75, 3.05) is 4.90 Å². The number of hydrogen-bond acceptors (Lipinski definition) is 2. The van der Waals surface area contributed by atoms with E-state index >= 15 is 0 Å². The Labute approximate surface area is 134 Å². The molecule has 0 N–H and O–H groups in total. The Balaban J connectivity index is 1.85. The molecule has 2 aromatic carbocycles. The molecule has 0 bridgehead atoms. The summed E-state index contributed by atoms with van der Waals surface area (Å²) in [6.07, 6.45) is 0. The first-order chi connectivity index (χ1) is 11.0. The number of amides is 3. The maximum atomic E-state index is 13.1. The molecule has 4 nitrogen and oxygen atoms in total. The number of carbonyl (C=O) groups is 2. The van der Waals surface area contributed by atoms with Gasteiger partial charge in [0.25, 0.3) is 5.91 Å². The number of halogens is 1. The zero-order valence-corrected chi connectivity index (χ0v) is 13.0. The Morgan fingerprint density at radius 1 is 1.00 bits per heavy atom. The van der Waals surface area contributed by atoms with Gasteiger partial charge in [0, 0.05) is 5.69 Å². The van der Waals surface area contributed by atoms with E-state index < -0.39 is 6.04 Å². The van der Waals surface area contributed by atoms with E-state index in [2.05, 4.69) is 0 Å². The third kappa shape index (κ3) is 2.82. The van der Waals surface area contributed by atoms with Gasteiger partial charge in [0.15, 0.2) is 0 Å². The van der Waals surface area contributed by atoms with Crippen LogP contribution < -0.4 is 4.90 Å². The van der Waals surface area contributed by atoms with Gasteiger partial charge in [0.05, 0.1) is 6.54 Å². The van der Waals surface area contributed by atoms with Gasteiger partial charge < -0.3 is 0 Å². The van der Waals surface area contributed by atoms with E-state index in [1.165, 1.54) is 34.1 Å². The van der Waals surface area contributed by atoms with Crippen molar-refractivity contribution in [1.29, 1.82) is 0 Å². The first kappa shape index (κ1) is 15.2. The minimum absolute atomic E-state index is 0.236. The van der Waals surface area contributed by atoms with Crippen LogP contribution in [0.4, 0.5) is 14.9 Å². The third-order valence-corrected chi connectivity index (χ3v) is 4.01. The van der Waals surface area contributed by atoms with Crippen molar-refractivity contribution in [1.82, 2.24) is 4.90 Å². The summed E-state index contributed by atoms with van der Waals surface area (Å²) in [6, 6.07) is 12.3. The molecule has 0 spiro atoms. The second-order valence-electron chi connectivity index (χ2n) is 5.71. The molecule has 1 aliphatic heterocycles. The summed E-state index contributed by atoms with van der Waals surface area (Å²) in [6.45, 7) is 3.90. The second-order valence-corrected chi connectivity index (χ2v) is 5.71. The van der Waals surface area contributed by atoms with E-state index in [-0.39, 0.29) is 24.3 Å². The number of imide groups is 1. The zero-order chi connectivity index (χ0) is 16.6. The van der Waals surface area contributed by atoms with E-state index in [1.54, 1.807) is 6.92 Å². The van der Waals surface area contributed by atoms with Gasteiger partial charge >= 0.3 is 6.03 Å². The van der Waals surface area contributed by atoms with E-state index in [0.29, 0.717) is 5.69 Å². The lowest BCUT2D eigenvalue weighted by Gasteiger charge is -2.19. The van der Waals surface area contributed by atoms with Crippen LogP contribution in [-0.4, -0.2) is 22.9 Å². The van der Waals surface area contributed by atoms with Crippen LogP contribution in [0.1, 0.15) is 18.1 Å². The maximum absolute atomic E-state index is 13.1. The highest BCUT2D eigenvalue weighted by molar-refractivity contribution is 6.13. The third-order valence-electron chi connectivity index (χ3n) is 4.01. The van der Waals surface area contributed by atoms with Crippen LogP contribution in [0.2, 0.25) is 0 Å². The maximum Gasteiger partial charge on any atom is 0.332 e. The molecule has 0 saturated carbocycles. The Bertz CT molecular complexity index is 741. The van der Waals surface area contributed by atoms with E-state index in [9.17, 15) is 14.0 Å². The van der Waals surface area contributed by atoms with Gasteiger partial charge in [-0.15, -0.1) is 0 Å². The molecular formula is C18H17FN2O2. The Hall–Kier alpha value is -2.69. The largest absolute Gasteiger partial charge is 0.332 e. The number of rotatable bonds is 3. The molecule has 1 heterocycles. The fourth-order valence-corrected chi connectivity index (χ4v) is 2.68. The average molecular weight is 312 g/mol. The lowest BCUT2D eigenvalue weighted by molar-refractivity contribution is -0.127. The molecule has 23 heavy (non-hydrogen) atoms. The molecule has 1 saturated heterocycles. The summed E-state index contributed by atoms with van der Waals surface area (Å²) in [5.74, 6) is -0.629. The van der Waals surface area contributed by atoms with Gasteiger partial charge in [-0.25, -0.2) is 9.18 Å². The fraction of sp³-hybridized carbons (Fsp3) is 0.222. The first-order valence-corrected chi connectivity index (χ1v) is 7.43. The zero-order valence-electron chi connectivity index (χ0n) is 13.0. The van der Waals surface area contributed by atoms with Gasteiger partial charge in [-0.1, -0.05) is 29.8 Å². The number of nitrogens with zero attached hydrogens (tertiary/aromatic N) is 2. The highest BCUT2D eigenvalue weighted by Gasteiger charge is 2.43. The Morgan fingerprint density at radius 3 is 2.22 bits per heavy atom. The predicted molar refractivity (Wildman–Crippen MR) is 85.5 cm³/mol. The molecule has 3 rings (SSSR count). The molecule has 0 radical (unpaired) electrons. The van der Waals surface area contributed by atoms with Crippen molar-refractivity contribution in [3.8, 4) is 0 Å². The molecule has 0 aromatic heterocycles. The molecule has 1 fully saturated rings. The van der Waals surface area contributed by atoms with Crippen LogP contribution >= 0.6 is 0 Å². The van der Waals surface area contributed by atoms with Crippen LogP contribution in [0.15, 0.2) is 48.5 Å². The SMILES string of the molecule is Cc1ccc(CN2C(=O)C(C)N(c3ccc(F)cc3)C2=O)cc1. The van der Waals surface area contributed by atoms with E-state index in [0.717, 1.165) is 11.1 Å². The molecule has 5 heteroatoms. The lowest BCUT2D eigenvalue weighted by atomic mass is 10.1. The van der Waals surface area contributed by atoms with Crippen molar-refractivity contribution in [3.05, 3.63) is 65.5 Å². The molecule has 0 aliphatic carbocycles. The monoisotopic (exact) mass is 312 g/mol. The Morgan fingerprint density at radius 2 is 1.61 bits per heavy atom. The summed E-state index contributed by atoms with van der Waals surface area (Å²) >= 11 is 0. The topological polar surface area (TPSA) is 40.6 Å². The van der Waals surface area contributed by atoms with Crippen LogP contribution in [-0.2, 0) is 11.3 Å². The number of hydrogen-bond donors (Lipinski definition) is 0.